The second-order valence-corrected chi connectivity index (χ2v) is 6.31. The first kappa shape index (κ1) is 21.9. The zero-order valence-corrected chi connectivity index (χ0v) is 16.8. The molecule has 1 aromatic rings. The summed E-state index contributed by atoms with van der Waals surface area (Å²) in [4.78, 5) is 19.0. The van der Waals surface area contributed by atoms with Gasteiger partial charge in [0.1, 0.15) is 0 Å². The highest BCUT2D eigenvalue weighted by Crippen LogP contribution is 2.30. The fourth-order valence-electron chi connectivity index (χ4n) is 1.92. The normalized spacial score (nSPS) is 14.6. The number of alkyl halides is 3. The minimum atomic E-state index is -4.40. The van der Waals surface area contributed by atoms with Crippen LogP contribution < -0.4 is 16.0 Å². The molecule has 1 saturated carbocycles. The van der Waals surface area contributed by atoms with Crippen molar-refractivity contribution in [3.05, 3.63) is 16.1 Å². The van der Waals surface area contributed by atoms with Gasteiger partial charge in [-0.25, -0.2) is 4.98 Å². The van der Waals surface area contributed by atoms with E-state index in [1.165, 1.54) is 0 Å². The lowest BCUT2D eigenvalue weighted by Gasteiger charge is -2.11. The molecule has 25 heavy (non-hydrogen) atoms. The van der Waals surface area contributed by atoms with Gasteiger partial charge in [0.05, 0.1) is 5.01 Å². The number of hydrogen-bond donors (Lipinski definition) is 3. The Kier molecular flexibility index (Phi) is 8.89. The molecule has 0 radical (unpaired) electrons. The predicted octanol–water partition coefficient (Wildman–Crippen LogP) is 2.01. The van der Waals surface area contributed by atoms with Crippen LogP contribution in [0.5, 0.6) is 0 Å². The van der Waals surface area contributed by atoms with E-state index in [0.717, 1.165) is 29.6 Å². The number of nitrogens with one attached hydrogen (secondary N) is 3. The molecule has 0 aromatic carbocycles. The minimum Gasteiger partial charge on any atom is -0.356 e. The van der Waals surface area contributed by atoms with E-state index in [9.17, 15) is 18.0 Å². The van der Waals surface area contributed by atoms with Crippen molar-refractivity contribution in [3.8, 4) is 0 Å². The highest BCUT2D eigenvalue weighted by Gasteiger charge is 2.33. The number of aliphatic imine (C=N–C) groups is 1. The van der Waals surface area contributed by atoms with Crippen LogP contribution in [0, 0.1) is 5.92 Å². The molecule has 0 unspecified atom stereocenters. The van der Waals surface area contributed by atoms with Crippen LogP contribution in [0.15, 0.2) is 10.4 Å². The average molecular weight is 491 g/mol. The summed E-state index contributed by atoms with van der Waals surface area (Å²) in [6.45, 7) is 1.43. The van der Waals surface area contributed by atoms with E-state index in [2.05, 4.69) is 25.9 Å². The smallest absolute Gasteiger partial charge is 0.356 e. The topological polar surface area (TPSA) is 78.4 Å². The van der Waals surface area contributed by atoms with Gasteiger partial charge in [0.15, 0.2) is 11.7 Å². The summed E-state index contributed by atoms with van der Waals surface area (Å²) in [5.41, 5.74) is -0.851. The van der Waals surface area contributed by atoms with Crippen LogP contribution in [0.2, 0.25) is 0 Å². The molecule has 1 aromatic heterocycles. The fraction of sp³-hybridized carbons (Fsp3) is 0.643. The zero-order valence-electron chi connectivity index (χ0n) is 13.7. The molecule has 6 nitrogen and oxygen atoms in total. The molecule has 1 amide bonds. The van der Waals surface area contributed by atoms with E-state index >= 15 is 0 Å². The Morgan fingerprint density at radius 1 is 1.28 bits per heavy atom. The lowest BCUT2D eigenvalue weighted by molar-refractivity contribution is -0.140. The summed E-state index contributed by atoms with van der Waals surface area (Å²) >= 11 is 0.990. The quantitative estimate of drug-likeness (QED) is 0.236. The van der Waals surface area contributed by atoms with Gasteiger partial charge in [0.25, 0.3) is 0 Å². The largest absolute Gasteiger partial charge is 0.434 e. The fourth-order valence-corrected chi connectivity index (χ4v) is 2.73. The summed E-state index contributed by atoms with van der Waals surface area (Å²) in [5.74, 6) is 0.801. The Morgan fingerprint density at radius 2 is 1.92 bits per heavy atom. The summed E-state index contributed by atoms with van der Waals surface area (Å²) in [5, 5.41) is 10.3. The van der Waals surface area contributed by atoms with Crippen LogP contribution in [0.4, 0.5) is 13.2 Å². The van der Waals surface area contributed by atoms with E-state index in [-0.39, 0.29) is 35.8 Å². The molecule has 1 fully saturated rings. The second kappa shape index (κ2) is 10.1. The third-order valence-electron chi connectivity index (χ3n) is 3.36. The molecule has 0 spiro atoms. The van der Waals surface area contributed by atoms with E-state index in [1.54, 1.807) is 7.05 Å². The van der Waals surface area contributed by atoms with Crippen LogP contribution in [-0.2, 0) is 17.4 Å². The molecule has 3 N–H and O–H groups in total. The van der Waals surface area contributed by atoms with Gasteiger partial charge < -0.3 is 16.0 Å². The van der Waals surface area contributed by atoms with Crippen molar-refractivity contribution in [2.75, 3.05) is 26.7 Å². The molecule has 0 atom stereocenters. The highest BCUT2D eigenvalue weighted by atomic mass is 127. The lowest BCUT2D eigenvalue weighted by Crippen LogP contribution is -2.42. The van der Waals surface area contributed by atoms with Crippen molar-refractivity contribution < 1.29 is 18.0 Å². The van der Waals surface area contributed by atoms with Gasteiger partial charge in [-0.3, -0.25) is 9.79 Å². The summed E-state index contributed by atoms with van der Waals surface area (Å²) in [7, 11) is 1.60. The number of carbonyl (C=O) groups excluding carboxylic acids is 1. The first-order valence-corrected chi connectivity index (χ1v) is 8.52. The van der Waals surface area contributed by atoms with Crippen molar-refractivity contribution in [1.29, 1.82) is 0 Å². The number of amides is 1. The Balaban J connectivity index is 0.00000312. The van der Waals surface area contributed by atoms with Gasteiger partial charge in [-0.15, -0.1) is 35.3 Å². The van der Waals surface area contributed by atoms with Crippen molar-refractivity contribution in [2.24, 2.45) is 10.9 Å². The number of nitrogens with zero attached hydrogens (tertiary/aromatic N) is 2. The minimum absolute atomic E-state index is 0. The Hall–Kier alpha value is -1.11. The monoisotopic (exact) mass is 491 g/mol. The number of hydrogen-bond acceptors (Lipinski definition) is 4. The zero-order chi connectivity index (χ0) is 17.6. The van der Waals surface area contributed by atoms with Crippen LogP contribution in [0.1, 0.15) is 23.5 Å². The molecular weight excluding hydrogens is 470 g/mol. The standard InChI is InChI=1S/C14H20F3N5OS.HI/c1-18-13(21-7-6-19-12(23)9-2-3-9)20-5-4-11-22-10(8-24-11)14(15,16)17;/h8-9H,2-7H2,1H3,(H,19,23)(H2,18,20,21);1H. The van der Waals surface area contributed by atoms with Gasteiger partial charge in [-0.1, -0.05) is 0 Å². The maximum Gasteiger partial charge on any atom is 0.434 e. The lowest BCUT2D eigenvalue weighted by atomic mass is 10.4. The van der Waals surface area contributed by atoms with Gasteiger partial charge in [-0.2, -0.15) is 13.2 Å². The van der Waals surface area contributed by atoms with Crippen molar-refractivity contribution in [3.63, 3.8) is 0 Å². The first-order valence-electron chi connectivity index (χ1n) is 7.64. The molecule has 0 aliphatic heterocycles. The van der Waals surface area contributed by atoms with Gasteiger partial charge in [0.2, 0.25) is 5.91 Å². The maximum atomic E-state index is 12.5. The summed E-state index contributed by atoms with van der Waals surface area (Å²) < 4.78 is 37.4. The molecule has 1 heterocycles. The maximum absolute atomic E-state index is 12.5. The van der Waals surface area contributed by atoms with Crippen LogP contribution in [0.3, 0.4) is 0 Å². The first-order chi connectivity index (χ1) is 11.4. The molecule has 1 aliphatic rings. The van der Waals surface area contributed by atoms with E-state index in [0.29, 0.717) is 37.0 Å². The molecule has 2 rings (SSSR count). The van der Waals surface area contributed by atoms with E-state index < -0.39 is 11.9 Å². The highest BCUT2D eigenvalue weighted by molar-refractivity contribution is 14.0. The second-order valence-electron chi connectivity index (χ2n) is 5.37. The molecule has 0 saturated heterocycles. The summed E-state index contributed by atoms with van der Waals surface area (Å²) in [6, 6.07) is 0. The Morgan fingerprint density at radius 3 is 2.48 bits per heavy atom. The molecule has 142 valence electrons. The van der Waals surface area contributed by atoms with E-state index in [1.807, 2.05) is 0 Å². The van der Waals surface area contributed by atoms with Crippen LogP contribution in [-0.4, -0.2) is 43.5 Å². The third kappa shape index (κ3) is 7.75. The van der Waals surface area contributed by atoms with E-state index in [4.69, 9.17) is 0 Å². The number of guanidine groups is 1. The molecular formula is C14H21F3IN5OS. The molecule has 0 bridgehead atoms. The third-order valence-corrected chi connectivity index (χ3v) is 4.27. The van der Waals surface area contributed by atoms with Gasteiger partial charge >= 0.3 is 6.18 Å². The van der Waals surface area contributed by atoms with Gasteiger partial charge in [0, 0.05) is 44.4 Å². The van der Waals surface area contributed by atoms with Crippen molar-refractivity contribution in [1.82, 2.24) is 20.9 Å². The number of aromatic nitrogens is 1. The van der Waals surface area contributed by atoms with Crippen molar-refractivity contribution >= 4 is 47.2 Å². The number of thiazole rings is 1. The number of rotatable bonds is 7. The summed E-state index contributed by atoms with van der Waals surface area (Å²) in [6.07, 6.45) is -2.09. The van der Waals surface area contributed by atoms with Crippen LogP contribution in [0.25, 0.3) is 0 Å². The molecule has 1 aliphatic carbocycles. The number of carbonyl (C=O) groups is 1. The number of halogens is 4. The Labute approximate surface area is 165 Å². The average Bonchev–Trinajstić information content (AvgIpc) is 3.27. The van der Waals surface area contributed by atoms with Gasteiger partial charge in [-0.05, 0) is 12.8 Å². The Bertz CT molecular complexity index is 589. The van der Waals surface area contributed by atoms with Crippen LogP contribution >= 0.6 is 35.3 Å². The SMILES string of the molecule is CN=C(NCCNC(=O)C1CC1)NCCc1nc(C(F)(F)F)cs1.I. The predicted molar refractivity (Wildman–Crippen MR) is 101 cm³/mol. The van der Waals surface area contributed by atoms with Crippen molar-refractivity contribution in [2.45, 2.75) is 25.4 Å². The molecule has 11 heteroatoms.